The van der Waals surface area contributed by atoms with Crippen LogP contribution in [0.5, 0.6) is 5.75 Å². The fourth-order valence-corrected chi connectivity index (χ4v) is 3.23. The number of anilines is 1. The van der Waals surface area contributed by atoms with Crippen molar-refractivity contribution in [3.63, 3.8) is 0 Å². The number of ether oxygens (including phenoxy) is 1. The molecule has 5 heteroatoms. The summed E-state index contributed by atoms with van der Waals surface area (Å²) in [5.41, 5.74) is 6.32. The monoisotopic (exact) mass is 356 g/mol. The Labute approximate surface area is 158 Å². The van der Waals surface area contributed by atoms with Crippen molar-refractivity contribution < 1.29 is 4.74 Å². The first-order chi connectivity index (χ1) is 13.3. The Morgan fingerprint density at radius 3 is 2.44 bits per heavy atom. The Morgan fingerprint density at radius 2 is 1.74 bits per heavy atom. The Morgan fingerprint density at radius 1 is 0.963 bits per heavy atom. The molecule has 0 amide bonds. The van der Waals surface area contributed by atoms with Gasteiger partial charge in [-0.25, -0.2) is 4.98 Å². The lowest BCUT2D eigenvalue weighted by Crippen LogP contribution is -2.00. The van der Waals surface area contributed by atoms with Crippen LogP contribution in [-0.2, 0) is 0 Å². The number of pyridine rings is 2. The molecule has 1 aromatic carbocycles. The van der Waals surface area contributed by atoms with Gasteiger partial charge in [0, 0.05) is 43.2 Å². The molecule has 0 bridgehead atoms. The topological polar surface area (TPSA) is 59.4 Å². The van der Waals surface area contributed by atoms with Crippen molar-refractivity contribution in [3.8, 4) is 5.75 Å². The number of allylic oxidation sites excluding steroid dienone is 1. The molecule has 0 radical (unpaired) electrons. The van der Waals surface area contributed by atoms with Crippen molar-refractivity contribution in [1.29, 1.82) is 0 Å². The quantitative estimate of drug-likeness (QED) is 0.741. The Balaban J connectivity index is 1.82. The van der Waals surface area contributed by atoms with Crippen LogP contribution in [0.1, 0.15) is 23.1 Å². The first kappa shape index (κ1) is 17.0. The van der Waals surface area contributed by atoms with E-state index in [2.05, 4.69) is 27.4 Å². The summed E-state index contributed by atoms with van der Waals surface area (Å²) in [4.78, 5) is 13.6. The molecule has 0 saturated heterocycles. The van der Waals surface area contributed by atoms with E-state index in [1.807, 2.05) is 49.6 Å². The highest BCUT2D eigenvalue weighted by Crippen LogP contribution is 2.38. The minimum Gasteiger partial charge on any atom is -0.493 e. The number of methoxy groups -OCH3 is 1. The zero-order valence-corrected chi connectivity index (χ0v) is 15.3. The van der Waals surface area contributed by atoms with Crippen molar-refractivity contribution in [1.82, 2.24) is 9.97 Å². The van der Waals surface area contributed by atoms with Gasteiger partial charge in [-0.2, -0.15) is 0 Å². The molecule has 0 aliphatic carbocycles. The highest BCUT2D eigenvalue weighted by molar-refractivity contribution is 6.16. The lowest BCUT2D eigenvalue weighted by atomic mass is 9.97. The lowest BCUT2D eigenvalue weighted by molar-refractivity contribution is 0.415. The smallest absolute Gasteiger partial charge is 0.168 e. The van der Waals surface area contributed by atoms with Crippen LogP contribution in [0.4, 0.5) is 5.82 Å². The van der Waals surface area contributed by atoms with E-state index >= 15 is 0 Å². The second kappa shape index (κ2) is 7.41. The molecule has 0 unspecified atom stereocenters. The van der Waals surface area contributed by atoms with Gasteiger partial charge >= 0.3 is 0 Å². The van der Waals surface area contributed by atoms with Crippen LogP contribution in [0.3, 0.4) is 0 Å². The second-order valence-corrected chi connectivity index (χ2v) is 6.19. The summed E-state index contributed by atoms with van der Waals surface area (Å²) in [7, 11) is 3.48. The minimum absolute atomic E-state index is 0.713. The van der Waals surface area contributed by atoms with Crippen LogP contribution < -0.4 is 10.1 Å². The standard InChI is InChI=1S/C22H20N4O/c1-23-22-20(27-2)12-17(14-25-22)18-13-19(15-6-4-3-5-7-15)26-21(18)16-8-10-24-11-9-16/h3-12,14H,13H2,1-2H3,(H,23,25). The molecular weight excluding hydrogens is 336 g/mol. The SMILES string of the molecule is CNc1ncc(C2=C(c3ccncc3)N=C(c3ccccc3)C2)cc1OC. The van der Waals surface area contributed by atoms with Crippen LogP contribution >= 0.6 is 0 Å². The van der Waals surface area contributed by atoms with E-state index in [0.717, 1.165) is 45.9 Å². The largest absolute Gasteiger partial charge is 0.493 e. The first-order valence-corrected chi connectivity index (χ1v) is 8.79. The minimum atomic E-state index is 0.713. The molecule has 0 spiro atoms. The Bertz CT molecular complexity index is 1010. The highest BCUT2D eigenvalue weighted by Gasteiger charge is 2.23. The van der Waals surface area contributed by atoms with Gasteiger partial charge < -0.3 is 10.1 Å². The summed E-state index contributed by atoms with van der Waals surface area (Å²) in [5, 5.41) is 3.05. The Kier molecular flexibility index (Phi) is 4.66. The fraction of sp³-hybridized carbons (Fsp3) is 0.136. The summed E-state index contributed by atoms with van der Waals surface area (Å²) >= 11 is 0. The number of aromatic nitrogens is 2. The number of rotatable bonds is 5. The number of benzene rings is 1. The van der Waals surface area contributed by atoms with Gasteiger partial charge in [0.05, 0.1) is 18.5 Å². The number of aliphatic imine (C=N–C) groups is 1. The molecular formula is C22H20N4O. The maximum atomic E-state index is 5.49. The molecule has 1 N–H and O–H groups in total. The molecule has 0 saturated carbocycles. The average Bonchev–Trinajstić information content (AvgIpc) is 3.20. The van der Waals surface area contributed by atoms with E-state index in [9.17, 15) is 0 Å². The molecule has 3 heterocycles. The van der Waals surface area contributed by atoms with E-state index < -0.39 is 0 Å². The molecule has 1 aliphatic rings. The van der Waals surface area contributed by atoms with Crippen LogP contribution in [0.15, 0.2) is 72.1 Å². The summed E-state index contributed by atoms with van der Waals surface area (Å²) in [6, 6.07) is 16.3. The molecule has 5 nitrogen and oxygen atoms in total. The maximum absolute atomic E-state index is 5.49. The van der Waals surface area contributed by atoms with E-state index in [1.165, 1.54) is 0 Å². The van der Waals surface area contributed by atoms with Crippen molar-refractivity contribution in [3.05, 3.63) is 83.8 Å². The van der Waals surface area contributed by atoms with Gasteiger partial charge in [-0.15, -0.1) is 0 Å². The molecule has 3 aromatic rings. The molecule has 0 fully saturated rings. The lowest BCUT2D eigenvalue weighted by Gasteiger charge is -2.11. The van der Waals surface area contributed by atoms with Gasteiger partial charge in [-0.1, -0.05) is 30.3 Å². The number of nitrogens with zero attached hydrogens (tertiary/aromatic N) is 3. The third kappa shape index (κ3) is 3.31. The van der Waals surface area contributed by atoms with Crippen LogP contribution in [0, 0.1) is 0 Å². The van der Waals surface area contributed by atoms with Crippen molar-refractivity contribution in [2.75, 3.05) is 19.5 Å². The summed E-state index contributed by atoms with van der Waals surface area (Å²) in [6.07, 6.45) is 6.19. The van der Waals surface area contributed by atoms with Gasteiger partial charge in [-0.3, -0.25) is 9.98 Å². The molecule has 134 valence electrons. The zero-order valence-electron chi connectivity index (χ0n) is 15.3. The van der Waals surface area contributed by atoms with Gasteiger partial charge in [-0.05, 0) is 29.3 Å². The number of nitrogens with one attached hydrogen (secondary N) is 1. The van der Waals surface area contributed by atoms with E-state index in [-0.39, 0.29) is 0 Å². The zero-order chi connectivity index (χ0) is 18.6. The fourth-order valence-electron chi connectivity index (χ4n) is 3.23. The third-order valence-electron chi connectivity index (χ3n) is 4.60. The van der Waals surface area contributed by atoms with Gasteiger partial charge in [0.25, 0.3) is 0 Å². The van der Waals surface area contributed by atoms with Gasteiger partial charge in [0.15, 0.2) is 11.6 Å². The summed E-state index contributed by atoms with van der Waals surface area (Å²) < 4.78 is 5.49. The summed E-state index contributed by atoms with van der Waals surface area (Å²) in [5.74, 6) is 1.43. The van der Waals surface area contributed by atoms with Crippen LogP contribution in [0.2, 0.25) is 0 Å². The highest BCUT2D eigenvalue weighted by atomic mass is 16.5. The van der Waals surface area contributed by atoms with Crippen LogP contribution in [0.25, 0.3) is 11.3 Å². The van der Waals surface area contributed by atoms with Crippen molar-refractivity contribution in [2.45, 2.75) is 6.42 Å². The van der Waals surface area contributed by atoms with E-state index in [0.29, 0.717) is 5.75 Å². The molecule has 1 aliphatic heterocycles. The average molecular weight is 356 g/mol. The van der Waals surface area contributed by atoms with E-state index in [4.69, 9.17) is 9.73 Å². The summed E-state index contributed by atoms with van der Waals surface area (Å²) in [6.45, 7) is 0. The third-order valence-corrected chi connectivity index (χ3v) is 4.60. The normalized spacial score (nSPS) is 13.5. The van der Waals surface area contributed by atoms with Crippen LogP contribution in [-0.4, -0.2) is 29.8 Å². The van der Waals surface area contributed by atoms with Gasteiger partial charge in [0.1, 0.15) is 0 Å². The second-order valence-electron chi connectivity index (χ2n) is 6.19. The number of hydrogen-bond donors (Lipinski definition) is 1. The predicted molar refractivity (Wildman–Crippen MR) is 109 cm³/mol. The first-order valence-electron chi connectivity index (χ1n) is 8.79. The van der Waals surface area contributed by atoms with Crippen molar-refractivity contribution >= 4 is 22.8 Å². The molecule has 2 aromatic heterocycles. The maximum Gasteiger partial charge on any atom is 0.168 e. The predicted octanol–water partition coefficient (Wildman–Crippen LogP) is 4.29. The molecule has 27 heavy (non-hydrogen) atoms. The van der Waals surface area contributed by atoms with Gasteiger partial charge in [0.2, 0.25) is 0 Å². The van der Waals surface area contributed by atoms with Crippen molar-refractivity contribution in [2.24, 2.45) is 4.99 Å². The number of hydrogen-bond acceptors (Lipinski definition) is 5. The van der Waals surface area contributed by atoms with E-state index in [1.54, 1.807) is 19.5 Å². The molecule has 0 atom stereocenters. The Hall–Kier alpha value is -3.47. The molecule has 4 rings (SSSR count).